The Balaban J connectivity index is 2.28. The molecule has 1 unspecified atom stereocenters. The molecule has 1 saturated carbocycles. The van der Waals surface area contributed by atoms with Crippen molar-refractivity contribution in [2.45, 2.75) is 32.2 Å². The van der Waals surface area contributed by atoms with Gasteiger partial charge in [-0.25, -0.2) is 0 Å². The highest BCUT2D eigenvalue weighted by Crippen LogP contribution is 2.55. The Bertz CT molecular complexity index is 314. The number of rotatable bonds is 1. The zero-order chi connectivity index (χ0) is 10.6. The Morgan fingerprint density at radius 2 is 2.21 bits per heavy atom. The Labute approximate surface area is 83.0 Å². The van der Waals surface area contributed by atoms with Crippen LogP contribution in [0.5, 0.6) is 0 Å². The fraction of sp³-hybridized carbons (Fsp3) is 0.800. The largest absolute Gasteiger partial charge is 0.469 e. The smallest absolute Gasteiger partial charge is 0.311 e. The molecule has 1 N–H and O–H groups in total. The first-order chi connectivity index (χ1) is 6.45. The monoisotopic (exact) mass is 197 g/mol. The lowest BCUT2D eigenvalue weighted by Gasteiger charge is -2.52. The Hall–Kier alpha value is -1.06. The standard InChI is InChI=1S/C10H15NO3/c1-9-5-4-6(7(12)14-3)10(9,2)11-8(9)13/h6H,4-5H2,1-3H3,(H,11,13)/t6-,9+,10?/m0/s1. The van der Waals surface area contributed by atoms with Gasteiger partial charge in [-0.05, 0) is 26.7 Å². The average Bonchev–Trinajstić information content (AvgIpc) is 2.36. The van der Waals surface area contributed by atoms with Gasteiger partial charge in [-0.1, -0.05) is 0 Å². The summed E-state index contributed by atoms with van der Waals surface area (Å²) < 4.78 is 4.74. The fourth-order valence-corrected chi connectivity index (χ4v) is 2.75. The van der Waals surface area contributed by atoms with Gasteiger partial charge in [0.1, 0.15) is 0 Å². The summed E-state index contributed by atoms with van der Waals surface area (Å²) in [5.41, 5.74) is -0.761. The van der Waals surface area contributed by atoms with Crippen LogP contribution in [-0.4, -0.2) is 24.5 Å². The normalized spacial score (nSPS) is 45.1. The highest BCUT2D eigenvalue weighted by molar-refractivity contribution is 5.95. The van der Waals surface area contributed by atoms with E-state index in [0.29, 0.717) is 0 Å². The summed E-state index contributed by atoms with van der Waals surface area (Å²) in [5.74, 6) is -0.335. The summed E-state index contributed by atoms with van der Waals surface area (Å²) in [4.78, 5) is 22.9. The third-order valence-electron chi connectivity index (χ3n) is 4.14. The predicted molar refractivity (Wildman–Crippen MR) is 49.4 cm³/mol. The van der Waals surface area contributed by atoms with Crippen LogP contribution in [0.25, 0.3) is 0 Å². The zero-order valence-corrected chi connectivity index (χ0v) is 8.72. The quantitative estimate of drug-likeness (QED) is 0.491. The molecule has 0 spiro atoms. The lowest BCUT2D eigenvalue weighted by atomic mass is 9.64. The predicted octanol–water partition coefficient (Wildman–Crippen LogP) is 0.464. The molecule has 2 fully saturated rings. The Kier molecular flexibility index (Phi) is 1.69. The molecule has 0 aromatic heterocycles. The van der Waals surface area contributed by atoms with Crippen molar-refractivity contribution in [2.24, 2.45) is 11.3 Å². The first-order valence-corrected chi connectivity index (χ1v) is 4.86. The molecule has 78 valence electrons. The van der Waals surface area contributed by atoms with E-state index < -0.39 is 5.54 Å². The number of amides is 1. The van der Waals surface area contributed by atoms with Gasteiger partial charge >= 0.3 is 5.97 Å². The minimum atomic E-state index is -0.392. The van der Waals surface area contributed by atoms with Gasteiger partial charge in [0.2, 0.25) is 5.91 Å². The maximum atomic E-state index is 11.5. The molecule has 0 aromatic carbocycles. The Morgan fingerprint density at radius 1 is 1.57 bits per heavy atom. The number of methoxy groups -OCH3 is 1. The van der Waals surface area contributed by atoms with Gasteiger partial charge in [0.05, 0.1) is 24.0 Å². The molecule has 1 saturated heterocycles. The third-order valence-corrected chi connectivity index (χ3v) is 4.14. The van der Waals surface area contributed by atoms with E-state index in [4.69, 9.17) is 4.74 Å². The number of fused-ring (bicyclic) bond motifs is 1. The molecule has 0 aromatic rings. The Morgan fingerprint density at radius 3 is 2.64 bits per heavy atom. The number of hydrogen-bond acceptors (Lipinski definition) is 3. The summed E-state index contributed by atoms with van der Waals surface area (Å²) in [6.07, 6.45) is 1.51. The van der Waals surface area contributed by atoms with Crippen LogP contribution in [0, 0.1) is 11.3 Å². The number of carbonyl (C=O) groups is 2. The van der Waals surface area contributed by atoms with E-state index in [0.717, 1.165) is 12.8 Å². The summed E-state index contributed by atoms with van der Waals surface area (Å²) >= 11 is 0. The van der Waals surface area contributed by atoms with Crippen molar-refractivity contribution in [1.82, 2.24) is 5.32 Å². The molecular weight excluding hydrogens is 182 g/mol. The molecule has 0 radical (unpaired) electrons. The summed E-state index contributed by atoms with van der Waals surface area (Å²) in [6, 6.07) is 0. The molecule has 0 bridgehead atoms. The first kappa shape index (κ1) is 9.49. The number of esters is 1. The lowest BCUT2D eigenvalue weighted by Crippen LogP contribution is -2.74. The molecule has 1 amide bonds. The molecule has 4 nitrogen and oxygen atoms in total. The van der Waals surface area contributed by atoms with E-state index in [2.05, 4.69) is 5.32 Å². The first-order valence-electron chi connectivity index (χ1n) is 4.86. The van der Waals surface area contributed by atoms with E-state index in [1.807, 2.05) is 13.8 Å². The number of ether oxygens (including phenoxy) is 1. The summed E-state index contributed by atoms with van der Waals surface area (Å²) in [6.45, 7) is 3.86. The van der Waals surface area contributed by atoms with Gasteiger partial charge in [-0.2, -0.15) is 0 Å². The maximum absolute atomic E-state index is 11.5. The second-order valence-corrected chi connectivity index (χ2v) is 4.60. The molecule has 2 aliphatic rings. The highest BCUT2D eigenvalue weighted by Gasteiger charge is 2.68. The van der Waals surface area contributed by atoms with Crippen molar-refractivity contribution in [3.8, 4) is 0 Å². The van der Waals surface area contributed by atoms with Gasteiger partial charge < -0.3 is 10.1 Å². The van der Waals surface area contributed by atoms with Gasteiger partial charge in [0.15, 0.2) is 0 Å². The van der Waals surface area contributed by atoms with Crippen molar-refractivity contribution in [2.75, 3.05) is 7.11 Å². The molecule has 1 heterocycles. The van der Waals surface area contributed by atoms with Crippen molar-refractivity contribution < 1.29 is 14.3 Å². The number of carbonyl (C=O) groups excluding carboxylic acids is 2. The molecule has 3 atom stereocenters. The van der Waals surface area contributed by atoms with Gasteiger partial charge in [-0.15, -0.1) is 0 Å². The number of hydrogen-bond donors (Lipinski definition) is 1. The fourth-order valence-electron chi connectivity index (χ4n) is 2.75. The lowest BCUT2D eigenvalue weighted by molar-refractivity contribution is -0.160. The van der Waals surface area contributed by atoms with Crippen LogP contribution < -0.4 is 5.32 Å². The van der Waals surface area contributed by atoms with E-state index in [1.165, 1.54) is 7.11 Å². The van der Waals surface area contributed by atoms with E-state index >= 15 is 0 Å². The number of nitrogens with one attached hydrogen (secondary N) is 1. The van der Waals surface area contributed by atoms with Crippen LogP contribution in [0.4, 0.5) is 0 Å². The summed E-state index contributed by atoms with van der Waals surface area (Å²) in [7, 11) is 1.39. The van der Waals surface area contributed by atoms with Crippen LogP contribution in [0.15, 0.2) is 0 Å². The van der Waals surface area contributed by atoms with Crippen molar-refractivity contribution in [1.29, 1.82) is 0 Å². The van der Waals surface area contributed by atoms with Crippen LogP contribution in [0.1, 0.15) is 26.7 Å². The maximum Gasteiger partial charge on any atom is 0.311 e. The molecular formula is C10H15NO3. The minimum Gasteiger partial charge on any atom is -0.469 e. The molecule has 14 heavy (non-hydrogen) atoms. The highest BCUT2D eigenvalue weighted by atomic mass is 16.5. The van der Waals surface area contributed by atoms with Crippen LogP contribution >= 0.6 is 0 Å². The van der Waals surface area contributed by atoms with Crippen LogP contribution in [0.2, 0.25) is 0 Å². The van der Waals surface area contributed by atoms with Gasteiger partial charge in [0, 0.05) is 0 Å². The SMILES string of the molecule is COC(=O)[C@@H]1CC[C@]2(C)C(=O)NC12C. The second-order valence-electron chi connectivity index (χ2n) is 4.60. The van der Waals surface area contributed by atoms with Crippen molar-refractivity contribution in [3.05, 3.63) is 0 Å². The van der Waals surface area contributed by atoms with E-state index in [1.54, 1.807) is 0 Å². The zero-order valence-electron chi connectivity index (χ0n) is 8.72. The van der Waals surface area contributed by atoms with Crippen molar-refractivity contribution in [3.63, 3.8) is 0 Å². The van der Waals surface area contributed by atoms with Gasteiger partial charge in [-0.3, -0.25) is 9.59 Å². The van der Waals surface area contributed by atoms with Crippen molar-refractivity contribution >= 4 is 11.9 Å². The van der Waals surface area contributed by atoms with Gasteiger partial charge in [0.25, 0.3) is 0 Å². The molecule has 1 aliphatic carbocycles. The minimum absolute atomic E-state index is 0.0615. The average molecular weight is 197 g/mol. The topological polar surface area (TPSA) is 55.4 Å². The van der Waals surface area contributed by atoms with E-state index in [-0.39, 0.29) is 23.2 Å². The third kappa shape index (κ3) is 0.792. The van der Waals surface area contributed by atoms with Crippen LogP contribution in [0.3, 0.4) is 0 Å². The molecule has 1 aliphatic heterocycles. The van der Waals surface area contributed by atoms with Crippen LogP contribution in [-0.2, 0) is 14.3 Å². The number of β-lactam (4-membered cyclic amide) rings is 1. The van der Waals surface area contributed by atoms with E-state index in [9.17, 15) is 9.59 Å². The molecule has 4 heteroatoms. The second kappa shape index (κ2) is 2.49. The summed E-state index contributed by atoms with van der Waals surface area (Å²) in [5, 5.41) is 2.85. The molecule has 2 rings (SSSR count).